The van der Waals surface area contributed by atoms with Gasteiger partial charge >= 0.3 is 0 Å². The zero-order chi connectivity index (χ0) is 19.1. The quantitative estimate of drug-likeness (QED) is 0.449. The monoisotopic (exact) mass is 514 g/mol. The summed E-state index contributed by atoms with van der Waals surface area (Å²) in [5, 5.41) is 8.55. The molecule has 2 aromatic rings. The number of halogens is 4. The standard InChI is InChI=1S/C16H14ClF2IN2O3S/c17-10-7-9(20)3-5-12(10)22-16(8-1-2-8)25-15-13(26(21,23)24)6-4-11(18)14(15)19/h3-8,16,22H,1-2H2,(H2,21,23,24). The summed E-state index contributed by atoms with van der Waals surface area (Å²) in [5.41, 5.74) is 0.540. The normalized spacial score (nSPS) is 15.6. The van der Waals surface area contributed by atoms with Crippen LogP contribution in [0.1, 0.15) is 12.8 Å². The number of primary sulfonamides is 1. The highest BCUT2D eigenvalue weighted by Gasteiger charge is 2.35. The van der Waals surface area contributed by atoms with Crippen molar-refractivity contribution in [2.45, 2.75) is 24.0 Å². The van der Waals surface area contributed by atoms with Gasteiger partial charge in [0.05, 0.1) is 10.7 Å². The smallest absolute Gasteiger partial charge is 0.241 e. The Hall–Kier alpha value is -1.17. The predicted molar refractivity (Wildman–Crippen MR) is 103 cm³/mol. The maximum atomic E-state index is 14.2. The van der Waals surface area contributed by atoms with Crippen LogP contribution < -0.4 is 15.2 Å². The molecular formula is C16H14ClF2IN2O3S. The highest BCUT2D eigenvalue weighted by molar-refractivity contribution is 14.1. The third kappa shape index (κ3) is 4.38. The number of benzene rings is 2. The number of anilines is 1. The Morgan fingerprint density at radius 3 is 2.54 bits per heavy atom. The van der Waals surface area contributed by atoms with E-state index in [2.05, 4.69) is 27.9 Å². The van der Waals surface area contributed by atoms with Gasteiger partial charge in [0, 0.05) is 9.49 Å². The molecule has 1 saturated carbocycles. The lowest BCUT2D eigenvalue weighted by Gasteiger charge is -2.23. The number of hydrogen-bond donors (Lipinski definition) is 2. The molecule has 140 valence electrons. The Kier molecular flexibility index (Phi) is 5.61. The van der Waals surface area contributed by atoms with E-state index in [9.17, 15) is 17.2 Å². The van der Waals surface area contributed by atoms with E-state index in [0.29, 0.717) is 16.8 Å². The summed E-state index contributed by atoms with van der Waals surface area (Å²) in [6.07, 6.45) is 0.798. The van der Waals surface area contributed by atoms with Gasteiger partial charge in [0.15, 0.2) is 17.8 Å². The van der Waals surface area contributed by atoms with Crippen molar-refractivity contribution >= 4 is 49.9 Å². The van der Waals surface area contributed by atoms with Crippen molar-refractivity contribution in [3.8, 4) is 5.75 Å². The molecule has 0 saturated heterocycles. The fourth-order valence-electron chi connectivity index (χ4n) is 2.38. The third-order valence-corrected chi connectivity index (χ3v) is 5.76. The zero-order valence-corrected chi connectivity index (χ0v) is 16.9. The number of sulfonamides is 1. The van der Waals surface area contributed by atoms with Crippen molar-refractivity contribution < 1.29 is 21.9 Å². The molecule has 5 nitrogen and oxygen atoms in total. The van der Waals surface area contributed by atoms with E-state index in [0.717, 1.165) is 22.5 Å². The maximum Gasteiger partial charge on any atom is 0.241 e. The molecule has 1 aliphatic rings. The van der Waals surface area contributed by atoms with Gasteiger partial charge in [-0.05, 0) is 65.8 Å². The van der Waals surface area contributed by atoms with E-state index in [1.54, 1.807) is 12.1 Å². The van der Waals surface area contributed by atoms with Crippen LogP contribution in [0.15, 0.2) is 35.2 Å². The third-order valence-electron chi connectivity index (χ3n) is 3.84. The van der Waals surface area contributed by atoms with Gasteiger partial charge in [-0.3, -0.25) is 0 Å². The van der Waals surface area contributed by atoms with Gasteiger partial charge in [-0.25, -0.2) is 17.9 Å². The summed E-state index contributed by atoms with van der Waals surface area (Å²) in [6.45, 7) is 0. The van der Waals surface area contributed by atoms with Gasteiger partial charge < -0.3 is 10.1 Å². The van der Waals surface area contributed by atoms with E-state index in [1.807, 2.05) is 6.07 Å². The number of ether oxygens (including phenoxy) is 1. The first-order valence-electron chi connectivity index (χ1n) is 7.56. The maximum absolute atomic E-state index is 14.2. The van der Waals surface area contributed by atoms with E-state index in [-0.39, 0.29) is 5.92 Å². The highest BCUT2D eigenvalue weighted by Crippen LogP contribution is 2.39. The van der Waals surface area contributed by atoms with Crippen molar-refractivity contribution in [1.29, 1.82) is 0 Å². The van der Waals surface area contributed by atoms with Gasteiger partial charge in [-0.15, -0.1) is 0 Å². The van der Waals surface area contributed by atoms with Crippen LogP contribution in [0.2, 0.25) is 5.02 Å². The van der Waals surface area contributed by atoms with Crippen molar-refractivity contribution in [1.82, 2.24) is 0 Å². The molecule has 3 rings (SSSR count). The van der Waals surface area contributed by atoms with Crippen LogP contribution in [0.5, 0.6) is 5.75 Å². The lowest BCUT2D eigenvalue weighted by molar-refractivity contribution is 0.189. The Labute approximate surface area is 168 Å². The molecule has 0 amide bonds. The molecule has 0 aromatic heterocycles. The molecule has 0 bridgehead atoms. The molecule has 10 heteroatoms. The Morgan fingerprint density at radius 2 is 1.96 bits per heavy atom. The first-order valence-corrected chi connectivity index (χ1v) is 10.6. The predicted octanol–water partition coefficient (Wildman–Crippen LogP) is 4.10. The van der Waals surface area contributed by atoms with E-state index in [1.165, 1.54) is 0 Å². The van der Waals surface area contributed by atoms with Gasteiger partial charge in [0.2, 0.25) is 15.8 Å². The average Bonchev–Trinajstić information content (AvgIpc) is 3.37. The highest BCUT2D eigenvalue weighted by atomic mass is 127. The van der Waals surface area contributed by atoms with E-state index >= 15 is 0 Å². The number of nitrogens with one attached hydrogen (secondary N) is 1. The molecule has 26 heavy (non-hydrogen) atoms. The second-order valence-corrected chi connectivity index (χ2v) is 9.06. The van der Waals surface area contributed by atoms with Crippen molar-refractivity contribution in [3.05, 3.63) is 50.6 Å². The van der Waals surface area contributed by atoms with Crippen LogP contribution in [0.3, 0.4) is 0 Å². The second kappa shape index (κ2) is 7.45. The molecule has 1 unspecified atom stereocenters. The molecule has 1 aliphatic carbocycles. The Balaban J connectivity index is 1.95. The Morgan fingerprint density at radius 1 is 1.27 bits per heavy atom. The number of nitrogens with two attached hydrogens (primary N) is 1. The average molecular weight is 515 g/mol. The lowest BCUT2D eigenvalue weighted by Crippen LogP contribution is -2.30. The molecule has 0 heterocycles. The van der Waals surface area contributed by atoms with Gasteiger partial charge in [0.1, 0.15) is 4.90 Å². The van der Waals surface area contributed by atoms with Crippen LogP contribution >= 0.6 is 34.2 Å². The van der Waals surface area contributed by atoms with Gasteiger partial charge in [-0.2, -0.15) is 4.39 Å². The molecule has 0 radical (unpaired) electrons. The van der Waals surface area contributed by atoms with Crippen LogP contribution in [0, 0.1) is 21.1 Å². The second-order valence-electron chi connectivity index (χ2n) is 5.88. The van der Waals surface area contributed by atoms with Crippen molar-refractivity contribution in [2.75, 3.05) is 5.32 Å². The van der Waals surface area contributed by atoms with Gasteiger partial charge in [-0.1, -0.05) is 11.6 Å². The number of hydrogen-bond acceptors (Lipinski definition) is 4. The SMILES string of the molecule is NS(=O)(=O)c1ccc(F)c(F)c1OC(Nc1ccc(I)cc1Cl)C1CC1. The molecule has 0 spiro atoms. The van der Waals surface area contributed by atoms with Crippen LogP contribution in [0.4, 0.5) is 14.5 Å². The first kappa shape index (κ1) is 19.6. The fourth-order valence-corrected chi connectivity index (χ4v) is 3.94. The number of rotatable bonds is 6. The molecule has 1 atom stereocenters. The molecule has 2 aromatic carbocycles. The van der Waals surface area contributed by atoms with Gasteiger partial charge in [0.25, 0.3) is 0 Å². The first-order chi connectivity index (χ1) is 12.2. The van der Waals surface area contributed by atoms with Crippen molar-refractivity contribution in [3.63, 3.8) is 0 Å². The minimum Gasteiger partial charge on any atom is -0.466 e. The minimum atomic E-state index is -4.30. The summed E-state index contributed by atoms with van der Waals surface area (Å²) in [4.78, 5) is -0.613. The zero-order valence-electron chi connectivity index (χ0n) is 13.2. The van der Waals surface area contributed by atoms with Crippen molar-refractivity contribution in [2.24, 2.45) is 11.1 Å². The summed E-state index contributed by atoms with van der Waals surface area (Å²) >= 11 is 8.29. The van der Waals surface area contributed by atoms with Crippen LogP contribution in [-0.4, -0.2) is 14.6 Å². The minimum absolute atomic E-state index is 0.00124. The summed E-state index contributed by atoms with van der Waals surface area (Å²) < 4.78 is 57.7. The fraction of sp³-hybridized carbons (Fsp3) is 0.250. The molecule has 0 aliphatic heterocycles. The van der Waals surface area contributed by atoms with E-state index < -0.39 is 38.5 Å². The Bertz CT molecular complexity index is 955. The largest absolute Gasteiger partial charge is 0.466 e. The lowest BCUT2D eigenvalue weighted by atomic mass is 10.2. The summed E-state index contributed by atoms with van der Waals surface area (Å²) in [7, 11) is -4.30. The molecular weight excluding hydrogens is 501 g/mol. The molecule has 3 N–H and O–H groups in total. The summed E-state index contributed by atoms with van der Waals surface area (Å²) in [5.74, 6) is -3.37. The van der Waals surface area contributed by atoms with Crippen LogP contribution in [-0.2, 0) is 10.0 Å². The molecule has 1 fully saturated rings. The van der Waals surface area contributed by atoms with Crippen LogP contribution in [0.25, 0.3) is 0 Å². The summed E-state index contributed by atoms with van der Waals surface area (Å²) in [6, 6.07) is 6.85. The topological polar surface area (TPSA) is 81.4 Å². The van der Waals surface area contributed by atoms with E-state index in [4.69, 9.17) is 21.5 Å².